The highest BCUT2D eigenvalue weighted by atomic mass is 32.2. The third kappa shape index (κ3) is 4.72. The Kier molecular flexibility index (Phi) is 6.85. The Bertz CT molecular complexity index is 931. The van der Waals surface area contributed by atoms with Gasteiger partial charge in [0.1, 0.15) is 0 Å². The number of carbonyl (C=O) groups is 2. The Hall–Kier alpha value is -2.81. The van der Waals surface area contributed by atoms with Gasteiger partial charge in [-0.15, -0.1) is 0 Å². The number of alkyl halides is 2. The maximum Gasteiger partial charge on any atom is 0.341 e. The largest absolute Gasteiger partial charge is 0.449 e. The summed E-state index contributed by atoms with van der Waals surface area (Å²) in [5.74, 6) is -4.86. The number of amides is 1. The summed E-state index contributed by atoms with van der Waals surface area (Å²) in [6, 6.07) is 12.8. The van der Waals surface area contributed by atoms with E-state index in [1.807, 2.05) is 6.07 Å². The van der Waals surface area contributed by atoms with Crippen LogP contribution in [0.3, 0.4) is 0 Å². The van der Waals surface area contributed by atoms with Gasteiger partial charge in [0.15, 0.2) is 6.10 Å². The van der Waals surface area contributed by atoms with Crippen molar-refractivity contribution < 1.29 is 31.5 Å². The van der Waals surface area contributed by atoms with E-state index in [-0.39, 0.29) is 5.56 Å². The van der Waals surface area contributed by atoms with Crippen LogP contribution in [-0.4, -0.2) is 38.7 Å². The van der Waals surface area contributed by atoms with Crippen molar-refractivity contribution in [2.75, 3.05) is 11.4 Å². The standard InChI is InChI=1S/C19H19F2NO5S/c1-3-22(15-7-5-4-6-8-15)17(23)13(2)27-18(24)14-9-11-16(12-10-14)28(25,26)19(20)21/h4-13,19H,3H2,1-2H3/t13-/m1/s1. The Morgan fingerprint density at radius 3 is 2.11 bits per heavy atom. The number of carbonyl (C=O) groups excluding carboxylic acids is 2. The van der Waals surface area contributed by atoms with E-state index in [0.29, 0.717) is 12.2 Å². The van der Waals surface area contributed by atoms with Gasteiger partial charge in [-0.3, -0.25) is 4.79 Å². The molecule has 0 aliphatic rings. The second-order valence-corrected chi connectivity index (χ2v) is 7.71. The van der Waals surface area contributed by atoms with Crippen molar-refractivity contribution in [3.05, 3.63) is 60.2 Å². The number of hydrogen-bond acceptors (Lipinski definition) is 5. The first-order valence-corrected chi connectivity index (χ1v) is 9.92. The van der Waals surface area contributed by atoms with Gasteiger partial charge >= 0.3 is 11.7 Å². The van der Waals surface area contributed by atoms with Crippen LogP contribution in [0.1, 0.15) is 24.2 Å². The van der Waals surface area contributed by atoms with Crippen LogP contribution in [0, 0.1) is 0 Å². The molecule has 150 valence electrons. The lowest BCUT2D eigenvalue weighted by atomic mass is 10.2. The number of hydrogen-bond donors (Lipinski definition) is 0. The molecule has 0 heterocycles. The number of rotatable bonds is 7. The SMILES string of the molecule is CCN(C(=O)[C@@H](C)OC(=O)c1ccc(S(=O)(=O)C(F)F)cc1)c1ccccc1. The van der Waals surface area contributed by atoms with Crippen molar-refractivity contribution in [2.45, 2.75) is 30.6 Å². The van der Waals surface area contributed by atoms with E-state index in [1.165, 1.54) is 11.8 Å². The van der Waals surface area contributed by atoms with Gasteiger partial charge in [0.05, 0.1) is 10.5 Å². The molecule has 0 saturated heterocycles. The lowest BCUT2D eigenvalue weighted by Crippen LogP contribution is -2.40. The summed E-state index contributed by atoms with van der Waals surface area (Å²) >= 11 is 0. The first-order chi connectivity index (χ1) is 13.2. The van der Waals surface area contributed by atoms with Gasteiger partial charge in [-0.25, -0.2) is 13.2 Å². The molecule has 0 saturated carbocycles. The van der Waals surface area contributed by atoms with E-state index in [9.17, 15) is 26.8 Å². The minimum atomic E-state index is -4.75. The molecule has 6 nitrogen and oxygen atoms in total. The van der Waals surface area contributed by atoms with Crippen LogP contribution in [0.5, 0.6) is 0 Å². The zero-order valence-electron chi connectivity index (χ0n) is 15.2. The predicted octanol–water partition coefficient (Wildman–Crippen LogP) is 3.28. The number of sulfone groups is 1. The zero-order chi connectivity index (χ0) is 20.9. The molecule has 0 unspecified atom stereocenters. The van der Waals surface area contributed by atoms with Gasteiger partial charge in [-0.1, -0.05) is 18.2 Å². The van der Waals surface area contributed by atoms with Crippen molar-refractivity contribution in [2.24, 2.45) is 0 Å². The molecule has 1 amide bonds. The van der Waals surface area contributed by atoms with Gasteiger partial charge in [0.2, 0.25) is 9.84 Å². The van der Waals surface area contributed by atoms with E-state index < -0.39 is 38.5 Å². The highest BCUT2D eigenvalue weighted by Crippen LogP contribution is 2.20. The van der Waals surface area contributed by atoms with E-state index in [4.69, 9.17) is 4.74 Å². The molecule has 0 N–H and O–H groups in total. The van der Waals surface area contributed by atoms with Crippen LogP contribution >= 0.6 is 0 Å². The van der Waals surface area contributed by atoms with Crippen LogP contribution in [0.4, 0.5) is 14.5 Å². The summed E-state index contributed by atoms with van der Waals surface area (Å²) in [5, 5.41) is 0. The molecule has 28 heavy (non-hydrogen) atoms. The Morgan fingerprint density at radius 1 is 1.04 bits per heavy atom. The molecule has 0 radical (unpaired) electrons. The normalized spacial score (nSPS) is 12.5. The van der Waals surface area contributed by atoms with E-state index in [2.05, 4.69) is 0 Å². The number of anilines is 1. The molecule has 2 aromatic rings. The van der Waals surface area contributed by atoms with Gasteiger partial charge < -0.3 is 9.64 Å². The Labute approximate surface area is 161 Å². The molecule has 9 heteroatoms. The van der Waals surface area contributed by atoms with Crippen molar-refractivity contribution in [1.29, 1.82) is 0 Å². The quantitative estimate of drug-likeness (QED) is 0.653. The molecule has 0 spiro atoms. The lowest BCUT2D eigenvalue weighted by molar-refractivity contribution is -0.126. The number of ether oxygens (including phenoxy) is 1. The van der Waals surface area contributed by atoms with Crippen molar-refractivity contribution >= 4 is 27.4 Å². The fourth-order valence-corrected chi connectivity index (χ4v) is 3.18. The number of nitrogens with zero attached hydrogens (tertiary/aromatic N) is 1. The monoisotopic (exact) mass is 411 g/mol. The fourth-order valence-electron chi connectivity index (χ4n) is 2.46. The summed E-state index contributed by atoms with van der Waals surface area (Å²) in [6.45, 7) is 3.56. The lowest BCUT2D eigenvalue weighted by Gasteiger charge is -2.24. The molecule has 0 aliphatic carbocycles. The second-order valence-electron chi connectivity index (χ2n) is 5.80. The number of para-hydroxylation sites is 1. The Morgan fingerprint density at radius 2 is 1.61 bits per heavy atom. The second kappa shape index (κ2) is 8.92. The summed E-state index contributed by atoms with van der Waals surface area (Å²) in [7, 11) is -4.75. The van der Waals surface area contributed by atoms with E-state index >= 15 is 0 Å². The van der Waals surface area contributed by atoms with Crippen LogP contribution in [0.25, 0.3) is 0 Å². The maximum atomic E-state index is 12.6. The third-order valence-corrected chi connectivity index (χ3v) is 5.33. The van der Waals surface area contributed by atoms with Crippen LogP contribution in [0.2, 0.25) is 0 Å². The molecule has 0 aliphatic heterocycles. The molecule has 0 bridgehead atoms. The molecule has 0 aromatic heterocycles. The van der Waals surface area contributed by atoms with Gasteiger partial charge in [0, 0.05) is 12.2 Å². The minimum Gasteiger partial charge on any atom is -0.449 e. The van der Waals surface area contributed by atoms with Gasteiger partial charge in [-0.05, 0) is 50.2 Å². The van der Waals surface area contributed by atoms with Crippen molar-refractivity contribution in [1.82, 2.24) is 0 Å². The zero-order valence-corrected chi connectivity index (χ0v) is 16.0. The number of likely N-dealkylation sites (N-methyl/N-ethyl adjacent to an activating group) is 1. The van der Waals surface area contributed by atoms with Gasteiger partial charge in [-0.2, -0.15) is 8.78 Å². The van der Waals surface area contributed by atoms with Crippen molar-refractivity contribution in [3.63, 3.8) is 0 Å². The van der Waals surface area contributed by atoms with E-state index in [0.717, 1.165) is 24.3 Å². The van der Waals surface area contributed by atoms with Crippen LogP contribution in [-0.2, 0) is 19.4 Å². The predicted molar refractivity (Wildman–Crippen MR) is 99.0 cm³/mol. The third-order valence-electron chi connectivity index (χ3n) is 3.93. The molecule has 1 atom stereocenters. The number of halogens is 2. The molecule has 0 fully saturated rings. The highest BCUT2D eigenvalue weighted by molar-refractivity contribution is 7.91. The van der Waals surface area contributed by atoms with Gasteiger partial charge in [0.25, 0.3) is 5.91 Å². The van der Waals surface area contributed by atoms with Crippen molar-refractivity contribution in [3.8, 4) is 0 Å². The smallest absolute Gasteiger partial charge is 0.341 e. The summed E-state index contributed by atoms with van der Waals surface area (Å²) in [6.07, 6.45) is -1.10. The molecule has 2 rings (SSSR count). The fraction of sp³-hybridized carbons (Fsp3) is 0.263. The van der Waals surface area contributed by atoms with Crippen LogP contribution in [0.15, 0.2) is 59.5 Å². The van der Waals surface area contributed by atoms with Crippen LogP contribution < -0.4 is 4.90 Å². The summed E-state index contributed by atoms with van der Waals surface area (Å²) < 4.78 is 53.1. The minimum absolute atomic E-state index is 0.0596. The molecule has 2 aromatic carbocycles. The maximum absolute atomic E-state index is 12.6. The number of esters is 1. The first-order valence-electron chi connectivity index (χ1n) is 8.38. The first kappa shape index (κ1) is 21.5. The van der Waals surface area contributed by atoms with E-state index in [1.54, 1.807) is 31.2 Å². The summed E-state index contributed by atoms with van der Waals surface area (Å²) in [4.78, 5) is 25.6. The topological polar surface area (TPSA) is 80.8 Å². The molecular weight excluding hydrogens is 392 g/mol. The average Bonchev–Trinajstić information content (AvgIpc) is 2.69. The average molecular weight is 411 g/mol. The highest BCUT2D eigenvalue weighted by Gasteiger charge is 2.27. The summed E-state index contributed by atoms with van der Waals surface area (Å²) in [5.41, 5.74) is 0.593. The number of benzene rings is 2. The molecular formula is C19H19F2NO5S. The Balaban J connectivity index is 2.10.